The molecule has 2 rings (SSSR count). The number of amides is 1. The van der Waals surface area contributed by atoms with Gasteiger partial charge in [-0.2, -0.15) is 5.10 Å². The van der Waals surface area contributed by atoms with Gasteiger partial charge in [0.05, 0.1) is 11.2 Å². The number of hydrogen-bond acceptors (Lipinski definition) is 4. The van der Waals surface area contributed by atoms with Crippen molar-refractivity contribution in [2.24, 2.45) is 5.10 Å². The molecule has 0 atom stereocenters. The van der Waals surface area contributed by atoms with E-state index in [0.29, 0.717) is 16.3 Å². The number of ether oxygens (including phenoxy) is 1. The lowest BCUT2D eigenvalue weighted by Crippen LogP contribution is -2.24. The Hall–Kier alpha value is -2.53. The standard InChI is InChI=1S/C15H13ClN2O3/c16-12-6-2-4-8-14(12)21-10-15(20)18-17-9-11-5-1-3-7-13(11)19/h1-9,19H,10H2,(H,18,20)/b17-9-. The number of phenols is 1. The minimum atomic E-state index is -0.429. The summed E-state index contributed by atoms with van der Waals surface area (Å²) in [7, 11) is 0. The van der Waals surface area contributed by atoms with Gasteiger partial charge in [0.15, 0.2) is 6.61 Å². The van der Waals surface area contributed by atoms with Crippen molar-refractivity contribution in [2.75, 3.05) is 6.61 Å². The van der Waals surface area contributed by atoms with E-state index < -0.39 is 5.91 Å². The molecule has 0 unspecified atom stereocenters. The summed E-state index contributed by atoms with van der Waals surface area (Å²) in [6, 6.07) is 13.5. The van der Waals surface area contributed by atoms with Crippen molar-refractivity contribution < 1.29 is 14.6 Å². The molecule has 2 aromatic carbocycles. The van der Waals surface area contributed by atoms with Gasteiger partial charge in [-0.3, -0.25) is 4.79 Å². The van der Waals surface area contributed by atoms with E-state index in [2.05, 4.69) is 10.5 Å². The largest absolute Gasteiger partial charge is 0.507 e. The molecule has 2 aromatic rings. The SMILES string of the molecule is O=C(COc1ccccc1Cl)N/N=C\c1ccccc1O. The number of nitrogens with zero attached hydrogens (tertiary/aromatic N) is 1. The fraction of sp³-hybridized carbons (Fsp3) is 0.0667. The maximum Gasteiger partial charge on any atom is 0.277 e. The smallest absolute Gasteiger partial charge is 0.277 e. The summed E-state index contributed by atoms with van der Waals surface area (Å²) in [5.74, 6) is 0.0865. The Morgan fingerprint density at radius 2 is 1.95 bits per heavy atom. The number of carbonyl (C=O) groups is 1. The van der Waals surface area contributed by atoms with Gasteiger partial charge in [-0.25, -0.2) is 5.43 Å². The number of carbonyl (C=O) groups excluding carboxylic acids is 1. The van der Waals surface area contributed by atoms with Crippen LogP contribution in [0.1, 0.15) is 5.56 Å². The first-order valence-electron chi connectivity index (χ1n) is 6.14. The van der Waals surface area contributed by atoms with Gasteiger partial charge in [0.25, 0.3) is 5.91 Å². The van der Waals surface area contributed by atoms with Crippen LogP contribution < -0.4 is 10.2 Å². The summed E-state index contributed by atoms with van der Waals surface area (Å²) in [6.07, 6.45) is 1.35. The Morgan fingerprint density at radius 1 is 1.24 bits per heavy atom. The Bertz CT molecular complexity index is 659. The maximum absolute atomic E-state index is 11.5. The molecule has 0 aliphatic heterocycles. The van der Waals surface area contributed by atoms with Gasteiger partial charge in [0.2, 0.25) is 0 Å². The molecule has 108 valence electrons. The number of benzene rings is 2. The molecule has 5 nitrogen and oxygen atoms in total. The van der Waals surface area contributed by atoms with Crippen LogP contribution in [0.4, 0.5) is 0 Å². The molecule has 0 heterocycles. The Balaban J connectivity index is 1.83. The highest BCUT2D eigenvalue weighted by Crippen LogP contribution is 2.22. The molecule has 0 radical (unpaired) electrons. The molecule has 0 saturated carbocycles. The zero-order chi connectivity index (χ0) is 15.1. The summed E-state index contributed by atoms with van der Waals surface area (Å²) in [6.45, 7) is -0.207. The number of phenolic OH excluding ortho intramolecular Hbond substituents is 1. The fourth-order valence-electron chi connectivity index (χ4n) is 1.51. The third-order valence-corrected chi connectivity index (χ3v) is 2.84. The van der Waals surface area contributed by atoms with Crippen molar-refractivity contribution in [2.45, 2.75) is 0 Å². The van der Waals surface area contributed by atoms with Gasteiger partial charge >= 0.3 is 0 Å². The van der Waals surface area contributed by atoms with Crippen molar-refractivity contribution in [3.05, 3.63) is 59.1 Å². The van der Waals surface area contributed by atoms with Crippen LogP contribution in [-0.4, -0.2) is 23.8 Å². The summed E-state index contributed by atoms with van der Waals surface area (Å²) in [5.41, 5.74) is 2.80. The Morgan fingerprint density at radius 3 is 2.71 bits per heavy atom. The molecule has 0 aliphatic rings. The fourth-order valence-corrected chi connectivity index (χ4v) is 1.70. The van der Waals surface area contributed by atoms with E-state index in [9.17, 15) is 9.90 Å². The number of nitrogens with one attached hydrogen (secondary N) is 1. The maximum atomic E-state index is 11.5. The first kappa shape index (κ1) is 14.9. The molecule has 0 aliphatic carbocycles. The number of para-hydroxylation sites is 2. The number of rotatable bonds is 5. The van der Waals surface area contributed by atoms with Crippen molar-refractivity contribution in [1.29, 1.82) is 0 Å². The van der Waals surface area contributed by atoms with E-state index in [0.717, 1.165) is 0 Å². The van der Waals surface area contributed by atoms with Gasteiger partial charge in [0.1, 0.15) is 11.5 Å². The highest BCUT2D eigenvalue weighted by Gasteiger charge is 2.04. The van der Waals surface area contributed by atoms with Crippen molar-refractivity contribution in [3.63, 3.8) is 0 Å². The van der Waals surface area contributed by atoms with Crippen LogP contribution >= 0.6 is 11.6 Å². The molecule has 0 bridgehead atoms. The molecule has 0 saturated heterocycles. The van der Waals surface area contributed by atoms with E-state index in [1.54, 1.807) is 42.5 Å². The van der Waals surface area contributed by atoms with Crippen LogP contribution in [-0.2, 0) is 4.79 Å². The molecule has 6 heteroatoms. The molecule has 2 N–H and O–H groups in total. The third-order valence-electron chi connectivity index (χ3n) is 2.53. The Kier molecular flexibility index (Phi) is 5.17. The number of halogens is 1. The van der Waals surface area contributed by atoms with Crippen molar-refractivity contribution in [1.82, 2.24) is 5.43 Å². The van der Waals surface area contributed by atoms with Crippen LogP contribution in [0.5, 0.6) is 11.5 Å². The van der Waals surface area contributed by atoms with E-state index in [1.165, 1.54) is 12.3 Å². The minimum absolute atomic E-state index is 0.0859. The first-order valence-corrected chi connectivity index (χ1v) is 6.52. The van der Waals surface area contributed by atoms with Crippen molar-refractivity contribution >= 4 is 23.7 Å². The zero-order valence-electron chi connectivity index (χ0n) is 11.0. The molecular weight excluding hydrogens is 292 g/mol. The highest BCUT2D eigenvalue weighted by molar-refractivity contribution is 6.32. The van der Waals surface area contributed by atoms with Crippen molar-refractivity contribution in [3.8, 4) is 11.5 Å². The molecule has 21 heavy (non-hydrogen) atoms. The first-order chi connectivity index (χ1) is 10.2. The average molecular weight is 305 g/mol. The Labute approximate surface area is 126 Å². The lowest BCUT2D eigenvalue weighted by atomic mass is 10.2. The molecular formula is C15H13ClN2O3. The highest BCUT2D eigenvalue weighted by atomic mass is 35.5. The average Bonchev–Trinajstić information content (AvgIpc) is 2.48. The topological polar surface area (TPSA) is 70.9 Å². The van der Waals surface area contributed by atoms with Gasteiger partial charge in [-0.1, -0.05) is 35.9 Å². The zero-order valence-corrected chi connectivity index (χ0v) is 11.7. The minimum Gasteiger partial charge on any atom is -0.507 e. The van der Waals surface area contributed by atoms with E-state index in [4.69, 9.17) is 16.3 Å². The second-order valence-corrected chi connectivity index (χ2v) is 4.48. The predicted molar refractivity (Wildman–Crippen MR) is 80.8 cm³/mol. The van der Waals surface area contributed by atoms with E-state index in [1.807, 2.05) is 0 Å². The number of hydrazone groups is 1. The van der Waals surface area contributed by atoms with Gasteiger partial charge in [0, 0.05) is 5.56 Å². The van der Waals surface area contributed by atoms with Crippen LogP contribution in [0, 0.1) is 0 Å². The normalized spacial score (nSPS) is 10.5. The predicted octanol–water partition coefficient (Wildman–Crippen LogP) is 2.57. The molecule has 1 amide bonds. The van der Waals surface area contributed by atoms with Gasteiger partial charge in [-0.05, 0) is 24.3 Å². The summed E-state index contributed by atoms with van der Waals surface area (Å²) >= 11 is 5.90. The quantitative estimate of drug-likeness (QED) is 0.659. The second kappa shape index (κ2) is 7.31. The summed E-state index contributed by atoms with van der Waals surface area (Å²) in [4.78, 5) is 11.5. The summed E-state index contributed by atoms with van der Waals surface area (Å²) in [5, 5.41) is 13.7. The molecule has 0 aromatic heterocycles. The molecule has 0 spiro atoms. The van der Waals surface area contributed by atoms with E-state index >= 15 is 0 Å². The lowest BCUT2D eigenvalue weighted by Gasteiger charge is -2.06. The number of hydrogen-bond donors (Lipinski definition) is 2. The summed E-state index contributed by atoms with van der Waals surface area (Å²) < 4.78 is 5.26. The van der Waals surface area contributed by atoms with E-state index in [-0.39, 0.29) is 12.4 Å². The second-order valence-electron chi connectivity index (χ2n) is 4.07. The third kappa shape index (κ3) is 4.50. The van der Waals surface area contributed by atoms with Gasteiger partial charge < -0.3 is 9.84 Å². The monoisotopic (exact) mass is 304 g/mol. The lowest BCUT2D eigenvalue weighted by molar-refractivity contribution is -0.123. The van der Waals surface area contributed by atoms with Crippen LogP contribution in [0.15, 0.2) is 53.6 Å². The van der Waals surface area contributed by atoms with Gasteiger partial charge in [-0.15, -0.1) is 0 Å². The molecule has 0 fully saturated rings. The van der Waals surface area contributed by atoms with Crippen LogP contribution in [0.25, 0.3) is 0 Å². The van der Waals surface area contributed by atoms with Crippen LogP contribution in [0.2, 0.25) is 5.02 Å². The van der Waals surface area contributed by atoms with Crippen LogP contribution in [0.3, 0.4) is 0 Å². The number of aromatic hydroxyl groups is 1.